The number of aromatic hydroxyl groups is 2. The third-order valence-electron chi connectivity index (χ3n) is 9.29. The molecule has 0 spiro atoms. The molecule has 3 unspecified atom stereocenters. The summed E-state index contributed by atoms with van der Waals surface area (Å²) in [4.78, 5) is 13.1. The van der Waals surface area contributed by atoms with E-state index in [0.717, 1.165) is 54.7 Å². The number of thioether (sulfide) groups is 1. The van der Waals surface area contributed by atoms with E-state index in [1.165, 1.54) is 5.56 Å². The van der Waals surface area contributed by atoms with Crippen LogP contribution in [-0.4, -0.2) is 39.1 Å². The highest BCUT2D eigenvalue weighted by Gasteiger charge is 2.56. The third kappa shape index (κ3) is 8.58. The second kappa shape index (κ2) is 14.5. The summed E-state index contributed by atoms with van der Waals surface area (Å²) in [5.41, 5.74) is 0.914. The van der Waals surface area contributed by atoms with E-state index >= 15 is 0 Å². The Morgan fingerprint density at radius 3 is 2.05 bits per heavy atom. The van der Waals surface area contributed by atoms with E-state index < -0.39 is 36.3 Å². The van der Waals surface area contributed by atoms with Crippen molar-refractivity contribution in [3.8, 4) is 11.5 Å². The summed E-state index contributed by atoms with van der Waals surface area (Å²) >= 11 is 1.73. The molecule has 1 heterocycles. The van der Waals surface area contributed by atoms with Gasteiger partial charge in [-0.2, -0.15) is 22.0 Å². The van der Waals surface area contributed by atoms with Gasteiger partial charge in [-0.15, -0.1) is 11.8 Å². The summed E-state index contributed by atoms with van der Waals surface area (Å²) in [6.07, 6.45) is -1.23. The Balaban J connectivity index is 1.50. The molecule has 0 saturated heterocycles. The predicted molar refractivity (Wildman–Crippen MR) is 159 cm³/mol. The number of carbonyl (C=O) groups is 1. The van der Waals surface area contributed by atoms with Crippen molar-refractivity contribution in [3.05, 3.63) is 53.6 Å². The van der Waals surface area contributed by atoms with Gasteiger partial charge in [0.15, 0.2) is 0 Å². The predicted octanol–water partition coefficient (Wildman–Crippen LogP) is 10.2. The number of hydrogen-bond acceptors (Lipinski definition) is 4. The number of rotatable bonds is 16. The molecule has 1 aliphatic rings. The maximum absolute atomic E-state index is 13.3. The minimum absolute atomic E-state index is 0.160. The molecule has 240 valence electrons. The van der Waals surface area contributed by atoms with Crippen LogP contribution in [0.15, 0.2) is 47.4 Å². The lowest BCUT2D eigenvalue weighted by molar-refractivity contribution is -0.284. The van der Waals surface area contributed by atoms with Crippen LogP contribution in [0.25, 0.3) is 0 Å². The largest absolute Gasteiger partial charge is 0.508 e. The highest BCUT2D eigenvalue weighted by atomic mass is 32.2. The van der Waals surface area contributed by atoms with E-state index in [9.17, 15) is 42.1 Å². The lowest BCUT2D eigenvalue weighted by atomic mass is 9.68. The van der Waals surface area contributed by atoms with Crippen LogP contribution in [0, 0.1) is 5.41 Å². The quantitative estimate of drug-likeness (QED) is 0.127. The molecule has 3 rings (SSSR count). The van der Waals surface area contributed by atoms with Crippen molar-refractivity contribution in [1.82, 2.24) is 0 Å². The average Bonchev–Trinajstić information content (AvgIpc) is 2.94. The van der Waals surface area contributed by atoms with Crippen molar-refractivity contribution in [2.75, 3.05) is 5.75 Å². The third-order valence-corrected chi connectivity index (χ3v) is 10.7. The molecule has 0 bridgehead atoms. The summed E-state index contributed by atoms with van der Waals surface area (Å²) in [5.74, 6) is -4.42. The number of fused-ring (bicyclic) bond motifs is 1. The number of benzene rings is 2. The first-order valence-electron chi connectivity index (χ1n) is 15.1. The van der Waals surface area contributed by atoms with Gasteiger partial charge in [0, 0.05) is 22.5 Å². The highest BCUT2D eigenvalue weighted by molar-refractivity contribution is 7.99. The molecule has 3 atom stereocenters. The minimum atomic E-state index is -5.63. The zero-order valence-electron chi connectivity index (χ0n) is 24.9. The van der Waals surface area contributed by atoms with Gasteiger partial charge in [-0.05, 0) is 73.4 Å². The molecule has 0 aromatic heterocycles. The van der Waals surface area contributed by atoms with E-state index in [1.54, 1.807) is 36.9 Å². The Morgan fingerprint density at radius 1 is 0.860 bits per heavy atom. The number of carboxylic acids is 1. The van der Waals surface area contributed by atoms with Crippen LogP contribution in [0.2, 0.25) is 0 Å². The fourth-order valence-corrected chi connectivity index (χ4v) is 7.77. The maximum atomic E-state index is 13.3. The lowest BCUT2D eigenvalue weighted by Gasteiger charge is -2.43. The number of phenolic OH excluding ortho intramolecular Hbond substituents is 2. The van der Waals surface area contributed by atoms with Crippen LogP contribution < -0.4 is 0 Å². The standard InChI is InChI=1S/C33H43F5O4S/c1-3-31(29(41)42,19-10-20-32(34,35)33(36,37)38)18-9-7-5-4-6-8-11-27-26-17-16-25(40)21-28(26)43-22-30(27,2)23-12-14-24(39)15-13-23/h12-17,21,27,39-40H,3-11,18-20,22H2,1-2H3,(H,41,42). The fourth-order valence-electron chi connectivity index (χ4n) is 6.36. The topological polar surface area (TPSA) is 77.8 Å². The van der Waals surface area contributed by atoms with Crippen molar-refractivity contribution >= 4 is 17.7 Å². The molecule has 4 nitrogen and oxygen atoms in total. The zero-order valence-corrected chi connectivity index (χ0v) is 25.7. The van der Waals surface area contributed by atoms with Gasteiger partial charge >= 0.3 is 18.1 Å². The van der Waals surface area contributed by atoms with Crippen LogP contribution in [0.3, 0.4) is 0 Å². The van der Waals surface area contributed by atoms with Gasteiger partial charge in [-0.1, -0.05) is 70.6 Å². The van der Waals surface area contributed by atoms with Gasteiger partial charge in [0.05, 0.1) is 5.41 Å². The van der Waals surface area contributed by atoms with E-state index in [4.69, 9.17) is 0 Å². The molecule has 2 aromatic rings. The highest BCUT2D eigenvalue weighted by Crippen LogP contribution is 2.52. The van der Waals surface area contributed by atoms with E-state index in [1.807, 2.05) is 24.3 Å². The summed E-state index contributed by atoms with van der Waals surface area (Å²) in [6.45, 7) is 3.89. The average molecular weight is 631 g/mol. The Kier molecular flexibility index (Phi) is 11.8. The van der Waals surface area contributed by atoms with Gasteiger partial charge in [-0.25, -0.2) is 0 Å². The van der Waals surface area contributed by atoms with Crippen molar-refractivity contribution in [2.24, 2.45) is 5.41 Å². The molecule has 43 heavy (non-hydrogen) atoms. The molecule has 10 heteroatoms. The smallest absolute Gasteiger partial charge is 0.453 e. The van der Waals surface area contributed by atoms with E-state index in [0.29, 0.717) is 6.42 Å². The molecule has 0 fully saturated rings. The molecule has 0 aliphatic carbocycles. The molecular weight excluding hydrogens is 587 g/mol. The van der Waals surface area contributed by atoms with Gasteiger partial charge in [0.2, 0.25) is 0 Å². The summed E-state index contributed by atoms with van der Waals surface area (Å²) in [5, 5.41) is 29.6. The number of alkyl halides is 5. The van der Waals surface area contributed by atoms with Gasteiger partial charge in [-0.3, -0.25) is 4.79 Å². The number of phenols is 2. The summed E-state index contributed by atoms with van der Waals surface area (Å²) in [6, 6.07) is 12.9. The monoisotopic (exact) mass is 630 g/mol. The van der Waals surface area contributed by atoms with Crippen molar-refractivity contribution in [3.63, 3.8) is 0 Å². The molecule has 2 aromatic carbocycles. The van der Waals surface area contributed by atoms with Gasteiger partial charge in [0.1, 0.15) is 11.5 Å². The van der Waals surface area contributed by atoms with Crippen LogP contribution >= 0.6 is 11.8 Å². The molecule has 0 radical (unpaired) electrons. The SMILES string of the molecule is CCC(CCCCCCCCC1c2ccc(O)cc2SCC1(C)c1ccc(O)cc1)(CCCC(F)(F)C(F)(F)F)C(=O)O. The van der Waals surface area contributed by atoms with Crippen molar-refractivity contribution in [1.29, 1.82) is 0 Å². The first-order valence-corrected chi connectivity index (χ1v) is 16.1. The second-order valence-corrected chi connectivity index (χ2v) is 13.2. The fraction of sp³-hybridized carbons (Fsp3) is 0.606. The first-order chi connectivity index (χ1) is 20.1. The minimum Gasteiger partial charge on any atom is -0.508 e. The Hall–Kier alpha value is -2.49. The number of hydrogen-bond donors (Lipinski definition) is 3. The maximum Gasteiger partial charge on any atom is 0.453 e. The van der Waals surface area contributed by atoms with Crippen LogP contribution in [0.5, 0.6) is 11.5 Å². The zero-order chi connectivity index (χ0) is 31.9. The number of aliphatic carboxylic acids is 1. The van der Waals surface area contributed by atoms with Crippen molar-refractivity contribution < 1.29 is 42.1 Å². The lowest BCUT2D eigenvalue weighted by Crippen LogP contribution is -2.37. The molecule has 3 N–H and O–H groups in total. The first kappa shape index (κ1) is 35.0. The second-order valence-electron chi connectivity index (χ2n) is 12.2. The summed E-state index contributed by atoms with van der Waals surface area (Å²) in [7, 11) is 0. The molecule has 1 aliphatic heterocycles. The van der Waals surface area contributed by atoms with E-state index in [2.05, 4.69) is 6.92 Å². The Bertz CT molecular complexity index is 1200. The Labute approximate surface area is 255 Å². The Morgan fingerprint density at radius 2 is 1.44 bits per heavy atom. The van der Waals surface area contributed by atoms with Crippen LogP contribution in [-0.2, 0) is 10.2 Å². The number of carboxylic acid groups (broad SMARTS) is 1. The normalized spacial score (nSPS) is 20.4. The number of unbranched alkanes of at least 4 members (excludes halogenated alkanes) is 5. The van der Waals surface area contributed by atoms with Crippen LogP contribution in [0.4, 0.5) is 22.0 Å². The number of halogens is 5. The van der Waals surface area contributed by atoms with Crippen molar-refractivity contribution in [2.45, 2.75) is 119 Å². The van der Waals surface area contributed by atoms with Gasteiger partial charge in [0.25, 0.3) is 0 Å². The molecule has 0 amide bonds. The van der Waals surface area contributed by atoms with E-state index in [-0.39, 0.29) is 42.1 Å². The summed E-state index contributed by atoms with van der Waals surface area (Å²) < 4.78 is 64.1. The van der Waals surface area contributed by atoms with Gasteiger partial charge < -0.3 is 15.3 Å². The molecular formula is C33H43F5O4S. The van der Waals surface area contributed by atoms with Crippen LogP contribution in [0.1, 0.15) is 108 Å². The molecule has 0 saturated carbocycles.